The number of amides is 2. The number of carbonyl (C=O) groups is 2. The van der Waals surface area contributed by atoms with Gasteiger partial charge in [0, 0.05) is 35.0 Å². The Bertz CT molecular complexity index is 1900. The molecule has 5 aromatic rings. The van der Waals surface area contributed by atoms with Crippen molar-refractivity contribution in [2.75, 3.05) is 25.6 Å². The molecule has 0 saturated carbocycles. The molecule has 1 atom stereocenters. The maximum atomic E-state index is 12.7. The fourth-order valence-corrected chi connectivity index (χ4v) is 5.65. The van der Waals surface area contributed by atoms with Gasteiger partial charge in [-0.3, -0.25) is 9.59 Å². The van der Waals surface area contributed by atoms with E-state index in [4.69, 9.17) is 18.9 Å². The van der Waals surface area contributed by atoms with E-state index >= 15 is 0 Å². The van der Waals surface area contributed by atoms with Crippen LogP contribution in [0.1, 0.15) is 37.4 Å². The van der Waals surface area contributed by atoms with Crippen molar-refractivity contribution in [3.8, 4) is 34.5 Å². The number of rotatable bonds is 7. The largest absolute Gasteiger partial charge is 0.492 e. The lowest BCUT2D eigenvalue weighted by molar-refractivity contribution is 0.0961. The topological polar surface area (TPSA) is 95.1 Å². The molecular formula is C37H30N2O6. The van der Waals surface area contributed by atoms with E-state index in [1.807, 2.05) is 67.6 Å². The Balaban J connectivity index is 1.06. The Morgan fingerprint density at radius 1 is 0.622 bits per heavy atom. The summed E-state index contributed by atoms with van der Waals surface area (Å²) in [6, 6.07) is 33.3. The highest BCUT2D eigenvalue weighted by Crippen LogP contribution is 2.52. The fourth-order valence-electron chi connectivity index (χ4n) is 5.65. The molecule has 7 rings (SSSR count). The second kappa shape index (κ2) is 11.4. The number of aryl methyl sites for hydroxylation is 1. The smallest absolute Gasteiger partial charge is 0.255 e. The van der Waals surface area contributed by atoms with Crippen LogP contribution >= 0.6 is 0 Å². The molecule has 2 aliphatic rings. The van der Waals surface area contributed by atoms with E-state index in [2.05, 4.69) is 10.6 Å². The van der Waals surface area contributed by atoms with Crippen LogP contribution in [0, 0.1) is 6.92 Å². The zero-order chi connectivity index (χ0) is 31.0. The van der Waals surface area contributed by atoms with Crippen LogP contribution in [0.5, 0.6) is 34.5 Å². The molecule has 8 nitrogen and oxygen atoms in total. The van der Waals surface area contributed by atoms with Crippen molar-refractivity contribution < 1.29 is 28.5 Å². The highest BCUT2D eigenvalue weighted by atomic mass is 16.5. The molecule has 1 spiro atoms. The minimum absolute atomic E-state index is 0.206. The van der Waals surface area contributed by atoms with Gasteiger partial charge in [-0.05, 0) is 104 Å². The standard InChI is InChI=1S/C37H30N2O6/c1-23-3-11-27(12-4-23)44-29-15-17-33-31(19-29)37(21-42-33)22-43-34-18-16-30(20-32(34)37)45-28-13-9-26(10-14-28)39-36(41)25-7-5-24(6-8-25)35(40)38-2/h3-20H,21-22H2,1-2H3,(H,38,40)(H,39,41). The average Bonchev–Trinajstić information content (AvgIpc) is 3.63. The van der Waals surface area contributed by atoms with Gasteiger partial charge in [-0.25, -0.2) is 0 Å². The van der Waals surface area contributed by atoms with Crippen LogP contribution < -0.4 is 29.6 Å². The molecule has 8 heteroatoms. The predicted octanol–water partition coefficient (Wildman–Crippen LogP) is 7.26. The molecule has 0 aliphatic carbocycles. The van der Waals surface area contributed by atoms with Crippen LogP contribution in [0.25, 0.3) is 0 Å². The van der Waals surface area contributed by atoms with Gasteiger partial charge in [0.15, 0.2) is 0 Å². The fraction of sp³-hybridized carbons (Fsp3) is 0.135. The van der Waals surface area contributed by atoms with Gasteiger partial charge in [-0.1, -0.05) is 17.7 Å². The molecular weight excluding hydrogens is 568 g/mol. The van der Waals surface area contributed by atoms with Gasteiger partial charge in [0.2, 0.25) is 0 Å². The van der Waals surface area contributed by atoms with E-state index in [0.717, 1.165) is 34.1 Å². The summed E-state index contributed by atoms with van der Waals surface area (Å²) in [5, 5.41) is 5.44. The third-order valence-electron chi connectivity index (χ3n) is 8.12. The minimum Gasteiger partial charge on any atom is -0.492 e. The van der Waals surface area contributed by atoms with E-state index in [-0.39, 0.29) is 11.8 Å². The third-order valence-corrected chi connectivity index (χ3v) is 8.12. The molecule has 45 heavy (non-hydrogen) atoms. The summed E-state index contributed by atoms with van der Waals surface area (Å²) in [5.41, 5.74) is 4.26. The van der Waals surface area contributed by atoms with E-state index in [1.165, 1.54) is 5.56 Å². The summed E-state index contributed by atoms with van der Waals surface area (Å²) in [6.45, 7) is 2.95. The second-order valence-electron chi connectivity index (χ2n) is 11.1. The molecule has 2 N–H and O–H groups in total. The molecule has 224 valence electrons. The maximum absolute atomic E-state index is 12.7. The first-order valence-electron chi connectivity index (χ1n) is 14.6. The van der Waals surface area contributed by atoms with Crippen LogP contribution in [-0.2, 0) is 5.41 Å². The number of carbonyl (C=O) groups excluding carboxylic acids is 2. The summed E-state index contributed by atoms with van der Waals surface area (Å²) in [6.07, 6.45) is 0. The lowest BCUT2D eigenvalue weighted by atomic mass is 9.78. The molecule has 0 saturated heterocycles. The molecule has 2 amide bonds. The SMILES string of the molecule is CNC(=O)c1ccc(C(=O)Nc2ccc(Oc3ccc4c(c3)C3(COc5ccc(Oc6ccc(C)cc6)cc53)CO4)cc2)cc1. The number of hydrogen-bond acceptors (Lipinski definition) is 6. The Morgan fingerprint density at radius 2 is 1.09 bits per heavy atom. The van der Waals surface area contributed by atoms with E-state index in [0.29, 0.717) is 41.5 Å². The van der Waals surface area contributed by atoms with Crippen molar-refractivity contribution >= 4 is 17.5 Å². The zero-order valence-electron chi connectivity index (χ0n) is 24.8. The molecule has 1 unspecified atom stereocenters. The van der Waals surface area contributed by atoms with E-state index < -0.39 is 5.41 Å². The van der Waals surface area contributed by atoms with Gasteiger partial charge >= 0.3 is 0 Å². The van der Waals surface area contributed by atoms with Crippen molar-refractivity contribution in [1.29, 1.82) is 0 Å². The van der Waals surface area contributed by atoms with Gasteiger partial charge in [0.1, 0.15) is 47.7 Å². The van der Waals surface area contributed by atoms with Gasteiger partial charge < -0.3 is 29.6 Å². The predicted molar refractivity (Wildman–Crippen MR) is 170 cm³/mol. The molecule has 0 bridgehead atoms. The number of ether oxygens (including phenoxy) is 4. The average molecular weight is 599 g/mol. The number of anilines is 1. The van der Waals surface area contributed by atoms with Gasteiger partial charge in [-0.15, -0.1) is 0 Å². The van der Waals surface area contributed by atoms with Gasteiger partial charge in [0.05, 0.1) is 5.41 Å². The van der Waals surface area contributed by atoms with E-state index in [1.54, 1.807) is 55.6 Å². The summed E-state index contributed by atoms with van der Waals surface area (Å²) in [4.78, 5) is 24.5. The monoisotopic (exact) mass is 598 g/mol. The van der Waals surface area contributed by atoms with Crippen molar-refractivity contribution in [2.24, 2.45) is 0 Å². The second-order valence-corrected chi connectivity index (χ2v) is 11.1. The number of benzene rings is 5. The maximum Gasteiger partial charge on any atom is 0.255 e. The number of nitrogens with one attached hydrogen (secondary N) is 2. The lowest BCUT2D eigenvalue weighted by Crippen LogP contribution is -2.31. The number of fused-ring (bicyclic) bond motifs is 4. The van der Waals surface area contributed by atoms with Crippen molar-refractivity contribution in [1.82, 2.24) is 5.32 Å². The van der Waals surface area contributed by atoms with Crippen LogP contribution in [0.3, 0.4) is 0 Å². The van der Waals surface area contributed by atoms with Crippen LogP contribution in [0.4, 0.5) is 5.69 Å². The molecule has 5 aromatic carbocycles. The molecule has 0 radical (unpaired) electrons. The molecule has 2 heterocycles. The summed E-state index contributed by atoms with van der Waals surface area (Å²) in [7, 11) is 1.56. The molecule has 2 aliphatic heterocycles. The van der Waals surface area contributed by atoms with Crippen LogP contribution in [0.15, 0.2) is 109 Å². The Hall–Kier alpha value is -5.76. The van der Waals surface area contributed by atoms with Crippen molar-refractivity contribution in [3.63, 3.8) is 0 Å². The Morgan fingerprint density at radius 3 is 1.60 bits per heavy atom. The zero-order valence-corrected chi connectivity index (χ0v) is 24.8. The third kappa shape index (κ3) is 5.42. The van der Waals surface area contributed by atoms with Gasteiger partial charge in [-0.2, -0.15) is 0 Å². The molecule has 0 aromatic heterocycles. The number of hydrogen-bond donors (Lipinski definition) is 2. The highest BCUT2D eigenvalue weighted by molar-refractivity contribution is 6.05. The minimum atomic E-state index is -0.483. The quantitative estimate of drug-likeness (QED) is 0.205. The Kier molecular flexibility index (Phi) is 7.10. The Labute approximate surface area is 260 Å². The summed E-state index contributed by atoms with van der Waals surface area (Å²) in [5.74, 6) is 3.91. The van der Waals surface area contributed by atoms with Crippen LogP contribution in [-0.4, -0.2) is 32.1 Å². The molecule has 0 fully saturated rings. The van der Waals surface area contributed by atoms with Crippen molar-refractivity contribution in [2.45, 2.75) is 12.3 Å². The first-order chi connectivity index (χ1) is 21.9. The first-order valence-corrected chi connectivity index (χ1v) is 14.6. The summed E-state index contributed by atoms with van der Waals surface area (Å²) < 4.78 is 24.7. The normalized spacial score (nSPS) is 15.8. The van der Waals surface area contributed by atoms with Gasteiger partial charge in [0.25, 0.3) is 11.8 Å². The van der Waals surface area contributed by atoms with Crippen molar-refractivity contribution in [3.05, 3.63) is 137 Å². The van der Waals surface area contributed by atoms with E-state index in [9.17, 15) is 9.59 Å². The lowest BCUT2D eigenvalue weighted by Gasteiger charge is -2.21. The first kappa shape index (κ1) is 28.0. The highest BCUT2D eigenvalue weighted by Gasteiger charge is 2.49. The summed E-state index contributed by atoms with van der Waals surface area (Å²) >= 11 is 0. The van der Waals surface area contributed by atoms with Crippen LogP contribution in [0.2, 0.25) is 0 Å².